The maximum Gasteiger partial charge on any atom is 0.255 e. The molecule has 0 bridgehead atoms. The largest absolute Gasteiger partial charge is 0.492 e. The molecule has 0 fully saturated rings. The average molecular weight is 197 g/mol. The summed E-state index contributed by atoms with van der Waals surface area (Å²) in [5, 5.41) is 0. The first-order valence-electron chi connectivity index (χ1n) is 4.21. The van der Waals surface area contributed by atoms with Gasteiger partial charge in [-0.1, -0.05) is 6.58 Å². The predicted molar refractivity (Wildman–Crippen MR) is 51.4 cm³/mol. The maximum absolute atomic E-state index is 13.1. The highest BCUT2D eigenvalue weighted by atomic mass is 19.1. The first-order valence-corrected chi connectivity index (χ1v) is 4.21. The van der Waals surface area contributed by atoms with E-state index < -0.39 is 5.95 Å². The van der Waals surface area contributed by atoms with E-state index in [1.165, 1.54) is 13.2 Å². The molecule has 0 amide bonds. The Morgan fingerprint density at radius 3 is 2.79 bits per heavy atom. The fourth-order valence-electron chi connectivity index (χ4n) is 0.977. The van der Waals surface area contributed by atoms with Crippen molar-refractivity contribution in [2.75, 3.05) is 13.7 Å². The van der Waals surface area contributed by atoms with E-state index in [0.29, 0.717) is 18.1 Å². The standard InChI is InChI=1S/C10H12FNO2/c1-4-14-7(2)8-5-6-9(13-3)10(11)12-8/h5-6H,2,4H2,1,3H3. The molecule has 0 saturated heterocycles. The van der Waals surface area contributed by atoms with Gasteiger partial charge in [0.1, 0.15) is 11.5 Å². The van der Waals surface area contributed by atoms with Crippen LogP contribution in [-0.2, 0) is 4.74 Å². The van der Waals surface area contributed by atoms with Crippen molar-refractivity contribution in [2.24, 2.45) is 0 Å². The number of methoxy groups -OCH3 is 1. The SMILES string of the molecule is C=C(OCC)c1ccc(OC)c(F)n1. The van der Waals surface area contributed by atoms with Crippen molar-refractivity contribution in [1.82, 2.24) is 4.98 Å². The Morgan fingerprint density at radius 2 is 2.29 bits per heavy atom. The summed E-state index contributed by atoms with van der Waals surface area (Å²) in [6.45, 7) is 5.92. The highest BCUT2D eigenvalue weighted by molar-refractivity contribution is 5.53. The Balaban J connectivity index is 2.91. The van der Waals surface area contributed by atoms with E-state index in [-0.39, 0.29) is 5.75 Å². The van der Waals surface area contributed by atoms with Gasteiger partial charge in [-0.2, -0.15) is 4.39 Å². The van der Waals surface area contributed by atoms with Gasteiger partial charge in [0.05, 0.1) is 13.7 Å². The fraction of sp³-hybridized carbons (Fsp3) is 0.300. The molecular formula is C10H12FNO2. The number of hydrogen-bond donors (Lipinski definition) is 0. The van der Waals surface area contributed by atoms with E-state index >= 15 is 0 Å². The van der Waals surface area contributed by atoms with Crippen molar-refractivity contribution in [2.45, 2.75) is 6.92 Å². The summed E-state index contributed by atoms with van der Waals surface area (Å²) in [5.41, 5.74) is 0.380. The van der Waals surface area contributed by atoms with Gasteiger partial charge >= 0.3 is 0 Å². The Bertz CT molecular complexity index is 339. The van der Waals surface area contributed by atoms with Crippen LogP contribution in [0.3, 0.4) is 0 Å². The van der Waals surface area contributed by atoms with Gasteiger partial charge in [-0.15, -0.1) is 0 Å². The minimum Gasteiger partial charge on any atom is -0.492 e. The smallest absolute Gasteiger partial charge is 0.255 e. The monoisotopic (exact) mass is 197 g/mol. The van der Waals surface area contributed by atoms with Gasteiger partial charge in [-0.25, -0.2) is 4.98 Å². The molecule has 1 rings (SSSR count). The summed E-state index contributed by atoms with van der Waals surface area (Å²) in [6.07, 6.45) is 0. The van der Waals surface area contributed by atoms with E-state index in [9.17, 15) is 4.39 Å². The molecule has 0 aromatic carbocycles. The van der Waals surface area contributed by atoms with Crippen molar-refractivity contribution < 1.29 is 13.9 Å². The van der Waals surface area contributed by atoms with Crippen LogP contribution in [0.5, 0.6) is 5.75 Å². The molecular weight excluding hydrogens is 185 g/mol. The van der Waals surface area contributed by atoms with E-state index in [1.54, 1.807) is 6.07 Å². The van der Waals surface area contributed by atoms with Gasteiger partial charge < -0.3 is 9.47 Å². The summed E-state index contributed by atoms with van der Waals surface area (Å²) in [4.78, 5) is 3.65. The minimum atomic E-state index is -0.661. The second kappa shape index (κ2) is 4.60. The molecule has 0 atom stereocenters. The number of nitrogens with zero attached hydrogens (tertiary/aromatic N) is 1. The van der Waals surface area contributed by atoms with Crippen LogP contribution in [0.1, 0.15) is 12.6 Å². The number of pyridine rings is 1. The first-order chi connectivity index (χ1) is 6.69. The molecule has 0 saturated carbocycles. The second-order valence-corrected chi connectivity index (χ2v) is 2.55. The van der Waals surface area contributed by atoms with Crippen LogP contribution in [0.2, 0.25) is 0 Å². The normalized spacial score (nSPS) is 9.64. The Kier molecular flexibility index (Phi) is 3.45. The summed E-state index contributed by atoms with van der Waals surface area (Å²) in [7, 11) is 1.39. The molecule has 0 N–H and O–H groups in total. The zero-order chi connectivity index (χ0) is 10.6. The lowest BCUT2D eigenvalue weighted by Crippen LogP contribution is -1.98. The van der Waals surface area contributed by atoms with Crippen LogP contribution in [0.15, 0.2) is 18.7 Å². The van der Waals surface area contributed by atoms with Gasteiger partial charge in [-0.3, -0.25) is 0 Å². The molecule has 3 nitrogen and oxygen atoms in total. The minimum absolute atomic E-state index is 0.109. The van der Waals surface area contributed by atoms with Gasteiger partial charge in [0.2, 0.25) is 0 Å². The first kappa shape index (κ1) is 10.5. The summed E-state index contributed by atoms with van der Waals surface area (Å²) >= 11 is 0. The molecule has 14 heavy (non-hydrogen) atoms. The number of ether oxygens (including phenoxy) is 2. The lowest BCUT2D eigenvalue weighted by atomic mass is 10.3. The van der Waals surface area contributed by atoms with Crippen molar-refractivity contribution in [3.63, 3.8) is 0 Å². The third kappa shape index (κ3) is 2.22. The Hall–Kier alpha value is -1.58. The average Bonchev–Trinajstić information content (AvgIpc) is 2.18. The zero-order valence-corrected chi connectivity index (χ0v) is 8.21. The molecule has 0 aliphatic rings. The Labute approximate surface area is 82.2 Å². The van der Waals surface area contributed by atoms with Crippen molar-refractivity contribution in [1.29, 1.82) is 0 Å². The summed E-state index contributed by atoms with van der Waals surface area (Å²) in [5.74, 6) is -0.196. The predicted octanol–water partition coefficient (Wildman–Crippen LogP) is 2.24. The van der Waals surface area contributed by atoms with Gasteiger partial charge in [-0.05, 0) is 19.1 Å². The molecule has 0 aliphatic heterocycles. The number of rotatable bonds is 4. The quantitative estimate of drug-likeness (QED) is 0.548. The third-order valence-corrected chi connectivity index (χ3v) is 1.64. The fourth-order valence-corrected chi connectivity index (χ4v) is 0.977. The number of hydrogen-bond acceptors (Lipinski definition) is 3. The van der Waals surface area contributed by atoms with E-state index in [0.717, 1.165) is 0 Å². The highest BCUT2D eigenvalue weighted by Crippen LogP contribution is 2.18. The van der Waals surface area contributed by atoms with Gasteiger partial charge in [0.15, 0.2) is 5.75 Å². The third-order valence-electron chi connectivity index (χ3n) is 1.64. The van der Waals surface area contributed by atoms with Gasteiger partial charge in [0, 0.05) is 0 Å². The molecule has 1 aromatic rings. The molecule has 1 heterocycles. The van der Waals surface area contributed by atoms with Crippen LogP contribution < -0.4 is 4.74 Å². The van der Waals surface area contributed by atoms with Gasteiger partial charge in [0.25, 0.3) is 5.95 Å². The van der Waals surface area contributed by atoms with E-state index in [2.05, 4.69) is 11.6 Å². The van der Waals surface area contributed by atoms with Crippen molar-refractivity contribution in [3.05, 3.63) is 30.4 Å². The molecule has 1 aromatic heterocycles. The number of halogens is 1. The topological polar surface area (TPSA) is 31.4 Å². The Morgan fingerprint density at radius 1 is 1.57 bits per heavy atom. The van der Waals surface area contributed by atoms with E-state index in [4.69, 9.17) is 9.47 Å². The molecule has 4 heteroatoms. The van der Waals surface area contributed by atoms with Crippen molar-refractivity contribution in [3.8, 4) is 5.75 Å². The van der Waals surface area contributed by atoms with Crippen LogP contribution >= 0.6 is 0 Å². The molecule has 0 spiro atoms. The lowest BCUT2D eigenvalue weighted by Gasteiger charge is -2.07. The van der Waals surface area contributed by atoms with Crippen molar-refractivity contribution >= 4 is 5.76 Å². The van der Waals surface area contributed by atoms with Crippen LogP contribution in [0.25, 0.3) is 5.76 Å². The molecule has 0 radical (unpaired) electrons. The maximum atomic E-state index is 13.1. The lowest BCUT2D eigenvalue weighted by molar-refractivity contribution is 0.296. The van der Waals surface area contributed by atoms with Crippen LogP contribution in [0, 0.1) is 5.95 Å². The number of aromatic nitrogens is 1. The summed E-state index contributed by atoms with van der Waals surface area (Å²) < 4.78 is 22.9. The molecule has 0 aliphatic carbocycles. The van der Waals surface area contributed by atoms with E-state index in [1.807, 2.05) is 6.92 Å². The summed E-state index contributed by atoms with van der Waals surface area (Å²) in [6, 6.07) is 3.09. The zero-order valence-electron chi connectivity index (χ0n) is 8.21. The molecule has 76 valence electrons. The van der Waals surface area contributed by atoms with Crippen LogP contribution in [-0.4, -0.2) is 18.7 Å². The molecule has 0 unspecified atom stereocenters. The van der Waals surface area contributed by atoms with Crippen LogP contribution in [0.4, 0.5) is 4.39 Å². The second-order valence-electron chi connectivity index (χ2n) is 2.55. The highest BCUT2D eigenvalue weighted by Gasteiger charge is 2.07.